The summed E-state index contributed by atoms with van der Waals surface area (Å²) in [4.78, 5) is 30.9. The average Bonchev–Trinajstić information content (AvgIpc) is 3.18. The molecule has 0 aliphatic carbocycles. The Morgan fingerprint density at radius 2 is 2.00 bits per heavy atom. The highest BCUT2D eigenvalue weighted by molar-refractivity contribution is 6.08. The minimum atomic E-state index is -2.71. The number of piperidine rings is 3. The Hall–Kier alpha value is -2.17. The van der Waals surface area contributed by atoms with Crippen molar-refractivity contribution in [1.29, 1.82) is 0 Å². The van der Waals surface area contributed by atoms with Gasteiger partial charge in [-0.3, -0.25) is 14.9 Å². The molecule has 30 heavy (non-hydrogen) atoms. The lowest BCUT2D eigenvalue weighted by molar-refractivity contribution is -0.133. The van der Waals surface area contributed by atoms with E-state index in [2.05, 4.69) is 15.6 Å². The zero-order chi connectivity index (χ0) is 21.3. The normalized spacial score (nSPS) is 28.4. The van der Waals surface area contributed by atoms with Crippen LogP contribution in [0.25, 0.3) is 0 Å². The van der Waals surface area contributed by atoms with E-state index in [-0.39, 0.29) is 37.2 Å². The number of imide groups is 1. The summed E-state index contributed by atoms with van der Waals surface area (Å²) in [5, 5.41) is 5.19. The summed E-state index contributed by atoms with van der Waals surface area (Å²) in [5.41, 5.74) is 0. The molecule has 0 aromatic carbocycles. The third kappa shape index (κ3) is 4.45. The van der Waals surface area contributed by atoms with Crippen LogP contribution >= 0.6 is 0 Å². The van der Waals surface area contributed by atoms with Gasteiger partial charge in [-0.25, -0.2) is 8.78 Å². The van der Waals surface area contributed by atoms with Crippen molar-refractivity contribution in [3.05, 3.63) is 6.20 Å². The fourth-order valence-corrected chi connectivity index (χ4v) is 4.74. The van der Waals surface area contributed by atoms with Gasteiger partial charge in [0.1, 0.15) is 6.04 Å². The Morgan fingerprint density at radius 3 is 2.67 bits per heavy atom. The summed E-state index contributed by atoms with van der Waals surface area (Å²) in [6, 6.07) is -0.358. The van der Waals surface area contributed by atoms with E-state index in [4.69, 9.17) is 12.3 Å². The molecule has 1 aromatic rings. The maximum atomic E-state index is 14.6. The SMILES string of the molecule is [B]CN1CCC(C2CCN(c3cnc(NC4CCC(=O)NC4=O)o3)CC2)C(F)(F)C1. The number of amides is 2. The lowest BCUT2D eigenvalue weighted by atomic mass is 9.76. The van der Waals surface area contributed by atoms with Crippen molar-refractivity contribution in [1.82, 2.24) is 15.2 Å². The lowest BCUT2D eigenvalue weighted by Crippen LogP contribution is -2.52. The van der Waals surface area contributed by atoms with E-state index < -0.39 is 23.8 Å². The monoisotopic (exact) mass is 421 g/mol. The predicted molar refractivity (Wildman–Crippen MR) is 106 cm³/mol. The van der Waals surface area contributed by atoms with E-state index in [1.807, 2.05) is 4.90 Å². The van der Waals surface area contributed by atoms with E-state index in [0.29, 0.717) is 51.2 Å². The molecular weight excluding hydrogens is 395 g/mol. The lowest BCUT2D eigenvalue weighted by Gasteiger charge is -2.44. The molecule has 2 atom stereocenters. The van der Waals surface area contributed by atoms with Gasteiger partial charge in [-0.05, 0) is 44.6 Å². The number of likely N-dealkylation sites (tertiary alicyclic amines) is 1. The number of oxazole rings is 1. The van der Waals surface area contributed by atoms with Crippen LogP contribution in [0.1, 0.15) is 32.1 Å². The maximum absolute atomic E-state index is 14.6. The average molecular weight is 421 g/mol. The van der Waals surface area contributed by atoms with Crippen molar-refractivity contribution in [3.8, 4) is 0 Å². The number of carbonyl (C=O) groups is 2. The molecule has 0 spiro atoms. The van der Waals surface area contributed by atoms with Crippen LogP contribution in [-0.4, -0.2) is 74.1 Å². The molecule has 2 amide bonds. The summed E-state index contributed by atoms with van der Waals surface area (Å²) in [6.07, 6.45) is 4.19. The molecular formula is C19H26BF2N5O3. The van der Waals surface area contributed by atoms with Gasteiger partial charge >= 0.3 is 0 Å². The second kappa shape index (κ2) is 8.53. The molecule has 1 aromatic heterocycles. The van der Waals surface area contributed by atoms with Gasteiger partial charge in [-0.15, -0.1) is 0 Å². The number of rotatable bonds is 5. The first-order chi connectivity index (χ1) is 14.4. The van der Waals surface area contributed by atoms with Crippen molar-refractivity contribution in [2.75, 3.05) is 42.8 Å². The largest absolute Gasteiger partial charge is 0.407 e. The maximum Gasteiger partial charge on any atom is 0.297 e. The van der Waals surface area contributed by atoms with Crippen LogP contribution in [0.5, 0.6) is 0 Å². The van der Waals surface area contributed by atoms with Crippen molar-refractivity contribution in [2.24, 2.45) is 11.8 Å². The quantitative estimate of drug-likeness (QED) is 0.545. The Kier molecular flexibility index (Phi) is 5.99. The van der Waals surface area contributed by atoms with Crippen molar-refractivity contribution in [2.45, 2.75) is 44.1 Å². The van der Waals surface area contributed by atoms with E-state index in [1.54, 1.807) is 11.1 Å². The first kappa shape index (κ1) is 21.1. The van der Waals surface area contributed by atoms with Gasteiger partial charge in [0.25, 0.3) is 11.9 Å². The number of carbonyl (C=O) groups excluding carboxylic acids is 2. The minimum absolute atomic E-state index is 0.0276. The number of hydrogen-bond acceptors (Lipinski definition) is 7. The Labute approximate surface area is 175 Å². The van der Waals surface area contributed by atoms with Crippen LogP contribution < -0.4 is 15.5 Å². The van der Waals surface area contributed by atoms with Crippen LogP contribution in [-0.2, 0) is 9.59 Å². The molecule has 11 heteroatoms. The number of nitrogens with zero attached hydrogens (tertiary/aromatic N) is 3. The van der Waals surface area contributed by atoms with Gasteiger partial charge in [0.2, 0.25) is 17.7 Å². The highest BCUT2D eigenvalue weighted by Gasteiger charge is 2.48. The zero-order valence-corrected chi connectivity index (χ0v) is 16.8. The summed E-state index contributed by atoms with van der Waals surface area (Å²) < 4.78 is 34.9. The van der Waals surface area contributed by atoms with Crippen LogP contribution in [0.4, 0.5) is 20.7 Å². The van der Waals surface area contributed by atoms with E-state index in [1.165, 1.54) is 0 Å². The highest BCUT2D eigenvalue weighted by atomic mass is 19.3. The number of alkyl halides is 2. The highest BCUT2D eigenvalue weighted by Crippen LogP contribution is 2.42. The van der Waals surface area contributed by atoms with Crippen LogP contribution in [0.2, 0.25) is 0 Å². The van der Waals surface area contributed by atoms with Crippen LogP contribution in [0.3, 0.4) is 0 Å². The second-order valence-corrected chi connectivity index (χ2v) is 8.37. The van der Waals surface area contributed by atoms with Crippen LogP contribution in [0.15, 0.2) is 10.6 Å². The molecule has 3 aliphatic rings. The van der Waals surface area contributed by atoms with Crippen molar-refractivity contribution >= 4 is 31.6 Å². The topological polar surface area (TPSA) is 90.7 Å². The summed E-state index contributed by atoms with van der Waals surface area (Å²) in [5.74, 6) is -3.48. The first-order valence-corrected chi connectivity index (χ1v) is 10.5. The molecule has 3 aliphatic heterocycles. The first-order valence-electron chi connectivity index (χ1n) is 10.5. The van der Waals surface area contributed by atoms with Crippen molar-refractivity contribution in [3.63, 3.8) is 0 Å². The van der Waals surface area contributed by atoms with E-state index >= 15 is 0 Å². The number of halogens is 2. The molecule has 0 bridgehead atoms. The zero-order valence-electron chi connectivity index (χ0n) is 16.8. The molecule has 2 radical (unpaired) electrons. The van der Waals surface area contributed by atoms with Gasteiger partial charge in [-0.1, -0.05) is 0 Å². The molecule has 2 unspecified atom stereocenters. The Balaban J connectivity index is 1.31. The van der Waals surface area contributed by atoms with Crippen molar-refractivity contribution < 1.29 is 22.8 Å². The van der Waals surface area contributed by atoms with Gasteiger partial charge in [-0.2, -0.15) is 4.98 Å². The molecule has 162 valence electrons. The fraction of sp³-hybridized carbons (Fsp3) is 0.737. The number of anilines is 2. The van der Waals surface area contributed by atoms with Gasteiger partial charge in [0.05, 0.1) is 20.6 Å². The number of aromatic nitrogens is 1. The third-order valence-electron chi connectivity index (χ3n) is 6.44. The molecule has 4 rings (SSSR count). The smallest absolute Gasteiger partial charge is 0.297 e. The summed E-state index contributed by atoms with van der Waals surface area (Å²) >= 11 is 0. The Morgan fingerprint density at radius 1 is 1.23 bits per heavy atom. The number of hydrogen-bond donors (Lipinski definition) is 2. The van der Waals surface area contributed by atoms with E-state index in [0.717, 1.165) is 0 Å². The molecule has 2 N–H and O–H groups in total. The van der Waals surface area contributed by atoms with Gasteiger partial charge in [0, 0.05) is 25.4 Å². The molecule has 4 heterocycles. The number of nitrogens with one attached hydrogen (secondary N) is 2. The summed E-state index contributed by atoms with van der Waals surface area (Å²) in [7, 11) is 5.53. The summed E-state index contributed by atoms with van der Waals surface area (Å²) in [6.45, 7) is 1.59. The molecule has 8 nitrogen and oxygen atoms in total. The second-order valence-electron chi connectivity index (χ2n) is 8.37. The molecule has 3 saturated heterocycles. The fourth-order valence-electron chi connectivity index (χ4n) is 4.74. The van der Waals surface area contributed by atoms with Crippen LogP contribution in [0, 0.1) is 11.8 Å². The minimum Gasteiger partial charge on any atom is -0.407 e. The Bertz CT molecular complexity index is 784. The van der Waals surface area contributed by atoms with E-state index in [9.17, 15) is 18.4 Å². The molecule has 3 fully saturated rings. The third-order valence-corrected chi connectivity index (χ3v) is 6.44. The molecule has 0 saturated carbocycles. The standard InChI is InChI=1S/C19H26BF2N5O3/c20-11-26-6-5-13(19(21,22)10-26)12-3-7-27(8-4-12)16-9-23-18(30-16)24-14-1-2-15(28)25-17(14)29/h9,12-14H,1-8,10-11H2,(H,23,24)(H,25,28,29). The predicted octanol–water partition coefficient (Wildman–Crippen LogP) is 1.19. The van der Waals surface area contributed by atoms with Gasteiger partial charge in [0.15, 0.2) is 0 Å². The van der Waals surface area contributed by atoms with Gasteiger partial charge < -0.3 is 19.5 Å².